The predicted octanol–water partition coefficient (Wildman–Crippen LogP) is 3.14. The molecule has 1 aliphatic heterocycles. The second kappa shape index (κ2) is 7.28. The molecule has 0 saturated heterocycles. The number of amides is 2. The van der Waals surface area contributed by atoms with Gasteiger partial charge in [0.2, 0.25) is 6.79 Å². The lowest BCUT2D eigenvalue weighted by Gasteiger charge is -2.08. The van der Waals surface area contributed by atoms with Gasteiger partial charge in [0.15, 0.2) is 11.5 Å². The molecule has 2 N–H and O–H groups in total. The summed E-state index contributed by atoms with van der Waals surface area (Å²) in [4.78, 5) is 13.1. The van der Waals surface area contributed by atoms with Crippen molar-refractivity contribution >= 4 is 17.8 Å². The Morgan fingerprint density at radius 3 is 2.39 bits per heavy atom. The fraction of sp³-hybridized carbons (Fsp3) is 0.235. The van der Waals surface area contributed by atoms with Crippen LogP contribution in [0, 0.1) is 0 Å². The van der Waals surface area contributed by atoms with E-state index >= 15 is 0 Å². The number of carbonyl (C=O) groups is 1. The van der Waals surface area contributed by atoms with E-state index in [1.807, 2.05) is 48.7 Å². The Morgan fingerprint density at radius 2 is 1.65 bits per heavy atom. The molecule has 3 rings (SSSR count). The maximum atomic E-state index is 11.9. The van der Waals surface area contributed by atoms with Gasteiger partial charge in [0.25, 0.3) is 0 Å². The molecule has 0 atom stereocenters. The molecule has 2 aromatic rings. The van der Waals surface area contributed by atoms with Gasteiger partial charge >= 0.3 is 6.03 Å². The lowest BCUT2D eigenvalue weighted by molar-refractivity contribution is 0.174. The second-order valence-electron chi connectivity index (χ2n) is 5.07. The molecular formula is C17H18N2O3S. The summed E-state index contributed by atoms with van der Waals surface area (Å²) >= 11 is 1.70. The third-order valence-corrected chi connectivity index (χ3v) is 4.25. The molecule has 2 aromatic carbocycles. The van der Waals surface area contributed by atoms with Crippen LogP contribution in [0.1, 0.15) is 11.1 Å². The minimum absolute atomic E-state index is 0.198. The molecule has 2 amide bonds. The summed E-state index contributed by atoms with van der Waals surface area (Å²) in [7, 11) is 0. The van der Waals surface area contributed by atoms with Crippen LogP contribution < -0.4 is 20.1 Å². The van der Waals surface area contributed by atoms with Crippen LogP contribution in [0.2, 0.25) is 0 Å². The summed E-state index contributed by atoms with van der Waals surface area (Å²) in [6, 6.07) is 13.6. The number of rotatable bonds is 5. The van der Waals surface area contributed by atoms with Gasteiger partial charge in [-0.1, -0.05) is 18.2 Å². The quantitative estimate of drug-likeness (QED) is 0.827. The van der Waals surface area contributed by atoms with E-state index in [9.17, 15) is 4.79 Å². The van der Waals surface area contributed by atoms with Crippen LogP contribution >= 0.6 is 11.8 Å². The molecular weight excluding hydrogens is 312 g/mol. The topological polar surface area (TPSA) is 59.6 Å². The van der Waals surface area contributed by atoms with Gasteiger partial charge in [0.1, 0.15) is 0 Å². The molecule has 23 heavy (non-hydrogen) atoms. The average Bonchev–Trinajstić information content (AvgIpc) is 3.06. The van der Waals surface area contributed by atoms with Gasteiger partial charge in [0.05, 0.1) is 0 Å². The highest BCUT2D eigenvalue weighted by molar-refractivity contribution is 7.98. The first-order valence-electron chi connectivity index (χ1n) is 7.28. The molecule has 0 aromatic heterocycles. The van der Waals surface area contributed by atoms with Crippen molar-refractivity contribution in [2.75, 3.05) is 13.0 Å². The van der Waals surface area contributed by atoms with Gasteiger partial charge in [-0.2, -0.15) is 0 Å². The first-order valence-corrected chi connectivity index (χ1v) is 8.50. The number of benzene rings is 2. The summed E-state index contributed by atoms with van der Waals surface area (Å²) in [6.07, 6.45) is 2.04. The van der Waals surface area contributed by atoms with E-state index in [0.717, 1.165) is 22.6 Å². The van der Waals surface area contributed by atoms with Crippen LogP contribution in [-0.2, 0) is 13.1 Å². The number of nitrogens with one attached hydrogen (secondary N) is 2. The average molecular weight is 330 g/mol. The van der Waals surface area contributed by atoms with Gasteiger partial charge in [-0.15, -0.1) is 11.8 Å². The van der Waals surface area contributed by atoms with Gasteiger partial charge in [-0.05, 0) is 41.6 Å². The van der Waals surface area contributed by atoms with E-state index in [1.54, 1.807) is 11.8 Å². The molecule has 5 nitrogen and oxygen atoms in total. The summed E-state index contributed by atoms with van der Waals surface area (Å²) in [5.74, 6) is 1.46. The lowest BCUT2D eigenvalue weighted by atomic mass is 10.2. The largest absolute Gasteiger partial charge is 0.454 e. The predicted molar refractivity (Wildman–Crippen MR) is 89.9 cm³/mol. The molecule has 120 valence electrons. The molecule has 1 aliphatic rings. The SMILES string of the molecule is CSc1ccc(CNC(=O)NCc2ccc3c(c2)OCO3)cc1. The minimum atomic E-state index is -0.198. The Bertz CT molecular complexity index is 689. The van der Waals surface area contributed by atoms with E-state index in [-0.39, 0.29) is 12.8 Å². The lowest BCUT2D eigenvalue weighted by Crippen LogP contribution is -2.34. The van der Waals surface area contributed by atoms with Crippen molar-refractivity contribution < 1.29 is 14.3 Å². The number of hydrogen-bond acceptors (Lipinski definition) is 4. The molecule has 0 saturated carbocycles. The zero-order chi connectivity index (χ0) is 16.1. The number of urea groups is 1. The first kappa shape index (κ1) is 15.6. The van der Waals surface area contributed by atoms with Crippen molar-refractivity contribution in [1.29, 1.82) is 0 Å². The van der Waals surface area contributed by atoms with Gasteiger partial charge in [-0.3, -0.25) is 0 Å². The van der Waals surface area contributed by atoms with Crippen molar-refractivity contribution in [2.45, 2.75) is 18.0 Å². The minimum Gasteiger partial charge on any atom is -0.454 e. The zero-order valence-corrected chi connectivity index (χ0v) is 13.6. The zero-order valence-electron chi connectivity index (χ0n) is 12.8. The van der Waals surface area contributed by atoms with Crippen LogP contribution in [0.15, 0.2) is 47.4 Å². The van der Waals surface area contributed by atoms with Crippen molar-refractivity contribution in [3.63, 3.8) is 0 Å². The number of thioether (sulfide) groups is 1. The number of ether oxygens (including phenoxy) is 2. The highest BCUT2D eigenvalue weighted by Crippen LogP contribution is 2.32. The Morgan fingerprint density at radius 1 is 1.00 bits per heavy atom. The number of carbonyl (C=O) groups excluding carboxylic acids is 1. The molecule has 0 aliphatic carbocycles. The monoisotopic (exact) mass is 330 g/mol. The van der Waals surface area contributed by atoms with E-state index in [2.05, 4.69) is 10.6 Å². The highest BCUT2D eigenvalue weighted by atomic mass is 32.2. The number of fused-ring (bicyclic) bond motifs is 1. The van der Waals surface area contributed by atoms with Gasteiger partial charge < -0.3 is 20.1 Å². The fourth-order valence-electron chi connectivity index (χ4n) is 2.22. The van der Waals surface area contributed by atoms with Crippen LogP contribution in [0.3, 0.4) is 0 Å². The molecule has 0 radical (unpaired) electrons. The molecule has 1 heterocycles. The van der Waals surface area contributed by atoms with Gasteiger partial charge in [-0.25, -0.2) is 4.79 Å². The molecule has 0 unspecified atom stereocenters. The maximum Gasteiger partial charge on any atom is 0.315 e. The summed E-state index contributed by atoms with van der Waals surface area (Å²) in [5.41, 5.74) is 2.04. The third kappa shape index (κ3) is 4.10. The van der Waals surface area contributed by atoms with Crippen molar-refractivity contribution in [3.05, 3.63) is 53.6 Å². The Hall–Kier alpha value is -2.34. The maximum absolute atomic E-state index is 11.9. The van der Waals surface area contributed by atoms with E-state index in [4.69, 9.17) is 9.47 Å². The standard InChI is InChI=1S/C17H18N2O3S/c1-23-14-5-2-12(3-6-14)9-18-17(20)19-10-13-4-7-15-16(8-13)22-11-21-15/h2-8H,9-11H2,1H3,(H2,18,19,20). The van der Waals surface area contributed by atoms with E-state index < -0.39 is 0 Å². The second-order valence-corrected chi connectivity index (χ2v) is 5.95. The summed E-state index contributed by atoms with van der Waals surface area (Å²) in [6.45, 7) is 1.19. The summed E-state index contributed by atoms with van der Waals surface area (Å²) in [5, 5.41) is 5.68. The van der Waals surface area contributed by atoms with Crippen LogP contribution in [0.25, 0.3) is 0 Å². The van der Waals surface area contributed by atoms with Crippen molar-refractivity contribution in [3.8, 4) is 11.5 Å². The summed E-state index contributed by atoms with van der Waals surface area (Å²) < 4.78 is 10.6. The highest BCUT2D eigenvalue weighted by Gasteiger charge is 2.13. The Labute approximate surface area is 139 Å². The normalized spacial score (nSPS) is 12.0. The van der Waals surface area contributed by atoms with E-state index in [0.29, 0.717) is 13.1 Å². The van der Waals surface area contributed by atoms with E-state index in [1.165, 1.54) is 4.90 Å². The molecule has 0 fully saturated rings. The molecule has 6 heteroatoms. The number of hydrogen-bond donors (Lipinski definition) is 2. The van der Waals surface area contributed by atoms with Crippen LogP contribution in [-0.4, -0.2) is 19.1 Å². The molecule has 0 spiro atoms. The first-order chi connectivity index (χ1) is 11.2. The van der Waals surface area contributed by atoms with Crippen LogP contribution in [0.5, 0.6) is 11.5 Å². The Balaban J connectivity index is 1.45. The molecule has 0 bridgehead atoms. The Kier molecular flexibility index (Phi) is 4.92. The third-order valence-electron chi connectivity index (χ3n) is 3.50. The fourth-order valence-corrected chi connectivity index (χ4v) is 2.63. The van der Waals surface area contributed by atoms with Crippen molar-refractivity contribution in [1.82, 2.24) is 10.6 Å². The van der Waals surface area contributed by atoms with Crippen LogP contribution in [0.4, 0.5) is 4.79 Å². The smallest absolute Gasteiger partial charge is 0.315 e. The van der Waals surface area contributed by atoms with Crippen molar-refractivity contribution in [2.24, 2.45) is 0 Å². The van der Waals surface area contributed by atoms with Gasteiger partial charge in [0, 0.05) is 18.0 Å².